The van der Waals surface area contributed by atoms with Gasteiger partial charge in [0.25, 0.3) is 0 Å². The van der Waals surface area contributed by atoms with Gasteiger partial charge in [-0.05, 0) is 32.3 Å². The zero-order chi connectivity index (χ0) is 17.7. The molecule has 2 N–H and O–H groups in total. The van der Waals surface area contributed by atoms with Gasteiger partial charge in [-0.25, -0.2) is 4.98 Å². The summed E-state index contributed by atoms with van der Waals surface area (Å²) in [4.78, 5) is 8.52. The molecule has 1 aromatic rings. The van der Waals surface area contributed by atoms with Crippen LogP contribution in [0.5, 0.6) is 5.88 Å². The first-order chi connectivity index (χ1) is 12.3. The molecule has 140 valence electrons. The van der Waals surface area contributed by atoms with E-state index >= 15 is 0 Å². The van der Waals surface area contributed by atoms with Gasteiger partial charge in [0, 0.05) is 38.5 Å². The predicted molar refractivity (Wildman–Crippen MR) is 101 cm³/mol. The molecule has 0 unspecified atom stereocenters. The summed E-state index contributed by atoms with van der Waals surface area (Å²) in [6, 6.07) is 3.93. The summed E-state index contributed by atoms with van der Waals surface area (Å²) in [7, 11) is 1.78. The van der Waals surface area contributed by atoms with Crippen LogP contribution in [-0.2, 0) is 11.3 Å². The summed E-state index contributed by atoms with van der Waals surface area (Å²) in [5.41, 5.74) is 1.02. The number of nitrogens with zero attached hydrogens (tertiary/aromatic N) is 2. The first kappa shape index (κ1) is 19.5. The van der Waals surface area contributed by atoms with Crippen molar-refractivity contribution in [3.63, 3.8) is 0 Å². The molecular formula is C19H32N4O2. The van der Waals surface area contributed by atoms with Gasteiger partial charge in [-0.2, -0.15) is 0 Å². The number of rotatable bonds is 9. The fourth-order valence-electron chi connectivity index (χ4n) is 2.99. The lowest BCUT2D eigenvalue weighted by Crippen LogP contribution is -2.37. The number of guanidine groups is 1. The minimum absolute atomic E-state index is 0.480. The lowest BCUT2D eigenvalue weighted by Gasteiger charge is -2.22. The quantitative estimate of drug-likeness (QED) is 0.408. The van der Waals surface area contributed by atoms with Gasteiger partial charge < -0.3 is 20.1 Å². The van der Waals surface area contributed by atoms with Gasteiger partial charge in [0.05, 0.1) is 12.7 Å². The second kappa shape index (κ2) is 11.7. The third kappa shape index (κ3) is 7.30. The third-order valence-electron chi connectivity index (χ3n) is 4.32. The standard InChI is InChI=1S/C19H32N4O2/c1-3-24-18-16(9-7-12-21-18)15-23-19(20-2)22-13-8-14-25-17-10-5-4-6-11-17/h7,9,12,17H,3-6,8,10-11,13-15H2,1-2H3,(H2,20,22,23). The highest BCUT2D eigenvalue weighted by atomic mass is 16.5. The van der Waals surface area contributed by atoms with Gasteiger partial charge in [0.1, 0.15) is 0 Å². The summed E-state index contributed by atoms with van der Waals surface area (Å²) in [5, 5.41) is 6.63. The number of aromatic nitrogens is 1. The van der Waals surface area contributed by atoms with Crippen LogP contribution < -0.4 is 15.4 Å². The van der Waals surface area contributed by atoms with Crippen LogP contribution >= 0.6 is 0 Å². The molecule has 1 heterocycles. The molecule has 0 spiro atoms. The Balaban J connectivity index is 1.63. The average Bonchev–Trinajstić information content (AvgIpc) is 2.66. The highest BCUT2D eigenvalue weighted by Gasteiger charge is 2.13. The van der Waals surface area contributed by atoms with E-state index in [2.05, 4.69) is 20.6 Å². The van der Waals surface area contributed by atoms with Crippen molar-refractivity contribution >= 4 is 5.96 Å². The van der Waals surface area contributed by atoms with E-state index in [-0.39, 0.29) is 0 Å². The molecule has 2 rings (SSSR count). The Bertz CT molecular complexity index is 516. The van der Waals surface area contributed by atoms with Crippen LogP contribution in [0.2, 0.25) is 0 Å². The first-order valence-electron chi connectivity index (χ1n) is 9.46. The molecule has 1 fully saturated rings. The van der Waals surface area contributed by atoms with Crippen molar-refractivity contribution in [3.05, 3.63) is 23.9 Å². The van der Waals surface area contributed by atoms with Crippen LogP contribution in [0.4, 0.5) is 0 Å². The van der Waals surface area contributed by atoms with Crippen LogP contribution in [0, 0.1) is 0 Å². The predicted octanol–water partition coefficient (Wildman–Crippen LogP) is 2.88. The molecular weight excluding hydrogens is 316 g/mol. The van der Waals surface area contributed by atoms with E-state index in [1.165, 1.54) is 32.1 Å². The molecule has 0 bridgehead atoms. The maximum Gasteiger partial charge on any atom is 0.218 e. The maximum absolute atomic E-state index is 5.95. The molecule has 1 aliphatic carbocycles. The van der Waals surface area contributed by atoms with Crippen LogP contribution in [0.25, 0.3) is 0 Å². The molecule has 1 saturated carbocycles. The van der Waals surface area contributed by atoms with Gasteiger partial charge in [-0.3, -0.25) is 4.99 Å². The first-order valence-corrected chi connectivity index (χ1v) is 9.46. The Kier molecular flexibility index (Phi) is 9.12. The van der Waals surface area contributed by atoms with Crippen molar-refractivity contribution in [3.8, 4) is 5.88 Å². The number of pyridine rings is 1. The largest absolute Gasteiger partial charge is 0.478 e. The molecule has 1 aliphatic rings. The van der Waals surface area contributed by atoms with Crippen LogP contribution in [-0.4, -0.2) is 43.9 Å². The topological polar surface area (TPSA) is 67.8 Å². The van der Waals surface area contributed by atoms with Crippen molar-refractivity contribution in [2.75, 3.05) is 26.8 Å². The molecule has 6 nitrogen and oxygen atoms in total. The van der Waals surface area contributed by atoms with Crippen LogP contribution in [0.1, 0.15) is 51.0 Å². The lowest BCUT2D eigenvalue weighted by atomic mass is 9.98. The monoisotopic (exact) mass is 348 g/mol. The summed E-state index contributed by atoms with van der Waals surface area (Å²) in [6.45, 7) is 4.85. The van der Waals surface area contributed by atoms with Crippen molar-refractivity contribution in [1.29, 1.82) is 0 Å². The molecule has 6 heteroatoms. The highest BCUT2D eigenvalue weighted by molar-refractivity contribution is 5.79. The fraction of sp³-hybridized carbons (Fsp3) is 0.684. The van der Waals surface area contributed by atoms with Gasteiger partial charge in [-0.1, -0.05) is 25.3 Å². The van der Waals surface area contributed by atoms with Crippen molar-refractivity contribution < 1.29 is 9.47 Å². The number of hydrogen-bond donors (Lipinski definition) is 2. The van der Waals surface area contributed by atoms with E-state index in [1.54, 1.807) is 13.2 Å². The number of ether oxygens (including phenoxy) is 2. The second-order valence-corrected chi connectivity index (χ2v) is 6.24. The molecule has 0 aromatic carbocycles. The molecule has 0 radical (unpaired) electrons. The second-order valence-electron chi connectivity index (χ2n) is 6.24. The highest BCUT2D eigenvalue weighted by Crippen LogP contribution is 2.20. The number of aliphatic imine (C=N–C) groups is 1. The van der Waals surface area contributed by atoms with Gasteiger partial charge >= 0.3 is 0 Å². The lowest BCUT2D eigenvalue weighted by molar-refractivity contribution is 0.0277. The number of nitrogens with one attached hydrogen (secondary N) is 2. The van der Waals surface area contributed by atoms with Gasteiger partial charge in [-0.15, -0.1) is 0 Å². The van der Waals surface area contributed by atoms with E-state index < -0.39 is 0 Å². The summed E-state index contributed by atoms with van der Waals surface area (Å²) < 4.78 is 11.5. The summed E-state index contributed by atoms with van der Waals surface area (Å²) in [6.07, 6.45) is 9.66. The third-order valence-corrected chi connectivity index (χ3v) is 4.32. The van der Waals surface area contributed by atoms with E-state index in [0.717, 1.165) is 31.1 Å². The Hall–Kier alpha value is -1.82. The average molecular weight is 348 g/mol. The van der Waals surface area contributed by atoms with Crippen molar-refractivity contribution in [1.82, 2.24) is 15.6 Å². The van der Waals surface area contributed by atoms with Crippen LogP contribution in [0.15, 0.2) is 23.3 Å². The summed E-state index contributed by atoms with van der Waals surface area (Å²) in [5.74, 6) is 1.46. The zero-order valence-corrected chi connectivity index (χ0v) is 15.6. The normalized spacial score (nSPS) is 15.8. The SMILES string of the molecule is CCOc1ncccc1CNC(=NC)NCCCOC1CCCCC1. The van der Waals surface area contributed by atoms with E-state index in [0.29, 0.717) is 25.1 Å². The van der Waals surface area contributed by atoms with Gasteiger partial charge in [0.2, 0.25) is 5.88 Å². The summed E-state index contributed by atoms with van der Waals surface area (Å²) >= 11 is 0. The minimum atomic E-state index is 0.480. The van der Waals surface area contributed by atoms with E-state index in [9.17, 15) is 0 Å². The zero-order valence-electron chi connectivity index (χ0n) is 15.6. The maximum atomic E-state index is 5.95. The van der Waals surface area contributed by atoms with Crippen molar-refractivity contribution in [2.24, 2.45) is 4.99 Å². The smallest absolute Gasteiger partial charge is 0.218 e. The Labute approximate surface area is 151 Å². The Morgan fingerprint density at radius 1 is 1.28 bits per heavy atom. The van der Waals surface area contributed by atoms with Gasteiger partial charge in [0.15, 0.2) is 5.96 Å². The van der Waals surface area contributed by atoms with Crippen LogP contribution in [0.3, 0.4) is 0 Å². The molecule has 1 aromatic heterocycles. The molecule has 0 amide bonds. The Morgan fingerprint density at radius 3 is 2.88 bits per heavy atom. The minimum Gasteiger partial charge on any atom is -0.478 e. The molecule has 0 atom stereocenters. The van der Waals surface area contributed by atoms with E-state index in [4.69, 9.17) is 9.47 Å². The Morgan fingerprint density at radius 2 is 2.12 bits per heavy atom. The number of hydrogen-bond acceptors (Lipinski definition) is 4. The molecule has 25 heavy (non-hydrogen) atoms. The molecule has 0 saturated heterocycles. The van der Waals surface area contributed by atoms with Crippen molar-refractivity contribution in [2.45, 2.75) is 58.1 Å². The van der Waals surface area contributed by atoms with E-state index in [1.807, 2.05) is 19.1 Å². The fourth-order valence-corrected chi connectivity index (χ4v) is 2.99. The molecule has 0 aliphatic heterocycles.